The average molecular weight is 522 g/mol. The maximum atomic E-state index is 14.1. The van der Waals surface area contributed by atoms with E-state index in [2.05, 4.69) is 17.6 Å². The van der Waals surface area contributed by atoms with Crippen LogP contribution < -0.4 is 10.6 Å². The van der Waals surface area contributed by atoms with E-state index in [9.17, 15) is 14.4 Å². The maximum Gasteiger partial charge on any atom is 0.408 e. The Kier molecular flexibility index (Phi) is 13.4. The number of thioether (sulfide) groups is 1. The van der Waals surface area contributed by atoms with Crippen molar-refractivity contribution >= 4 is 29.7 Å². The second kappa shape index (κ2) is 15.1. The summed E-state index contributed by atoms with van der Waals surface area (Å²) in [6.07, 6.45) is 4.45. The van der Waals surface area contributed by atoms with Crippen LogP contribution in [0.25, 0.3) is 0 Å². The third kappa shape index (κ3) is 10.4. The van der Waals surface area contributed by atoms with Gasteiger partial charge in [0.2, 0.25) is 11.8 Å². The van der Waals surface area contributed by atoms with E-state index in [1.807, 2.05) is 52.1 Å². The molecule has 1 rings (SSSR count). The van der Waals surface area contributed by atoms with Gasteiger partial charge in [-0.25, -0.2) is 4.79 Å². The first-order valence-corrected chi connectivity index (χ1v) is 14.4. The lowest BCUT2D eigenvalue weighted by molar-refractivity contribution is -0.142. The molecule has 2 atom stereocenters. The zero-order chi connectivity index (χ0) is 27.5. The Labute approximate surface area is 222 Å². The lowest BCUT2D eigenvalue weighted by Crippen LogP contribution is -2.54. The second-order valence-electron chi connectivity index (χ2n) is 10.6. The molecule has 0 heterocycles. The van der Waals surface area contributed by atoms with Crippen molar-refractivity contribution < 1.29 is 19.1 Å². The monoisotopic (exact) mass is 521 g/mol. The highest BCUT2D eigenvalue weighted by Gasteiger charge is 2.36. The van der Waals surface area contributed by atoms with E-state index >= 15 is 0 Å². The van der Waals surface area contributed by atoms with Gasteiger partial charge in [0.05, 0.1) is 0 Å². The molecule has 0 aliphatic rings. The van der Waals surface area contributed by atoms with Crippen molar-refractivity contribution in [2.45, 2.75) is 105 Å². The molecule has 0 aromatic heterocycles. The van der Waals surface area contributed by atoms with Crippen LogP contribution >= 0.6 is 11.8 Å². The standard InChI is InChI=1S/C28H47N3O4S/c1-10-11-12-17-31(26(33)23(16-18-36-9)30-27(34)35-28(6,7)8)24(25(32)29-19(2)3)22-15-13-14-20(4)21(22)5/h13-15,19,23-24H,10-12,16-18H2,1-9H3,(H,29,32)(H,30,34). The van der Waals surface area contributed by atoms with Gasteiger partial charge in [-0.15, -0.1) is 0 Å². The summed E-state index contributed by atoms with van der Waals surface area (Å²) in [7, 11) is 0. The number of benzene rings is 1. The number of carbonyl (C=O) groups excluding carboxylic acids is 3. The van der Waals surface area contributed by atoms with Crippen LogP contribution in [0.4, 0.5) is 4.79 Å². The van der Waals surface area contributed by atoms with Crippen LogP contribution in [0.3, 0.4) is 0 Å². The number of rotatable bonds is 13. The highest BCUT2D eigenvalue weighted by atomic mass is 32.2. The quantitative estimate of drug-likeness (QED) is 0.333. The number of hydrogen-bond donors (Lipinski definition) is 2. The molecule has 0 aliphatic carbocycles. The number of nitrogens with zero attached hydrogens (tertiary/aromatic N) is 1. The Balaban J connectivity index is 3.52. The minimum atomic E-state index is -0.798. The zero-order valence-corrected chi connectivity index (χ0v) is 24.5. The van der Waals surface area contributed by atoms with Gasteiger partial charge in [0.25, 0.3) is 0 Å². The first kappa shape index (κ1) is 31.8. The fourth-order valence-electron chi connectivity index (χ4n) is 3.93. The van der Waals surface area contributed by atoms with Crippen molar-refractivity contribution in [3.63, 3.8) is 0 Å². The van der Waals surface area contributed by atoms with Gasteiger partial charge in [0.15, 0.2) is 0 Å². The van der Waals surface area contributed by atoms with Gasteiger partial charge in [0.1, 0.15) is 17.7 Å². The van der Waals surface area contributed by atoms with Gasteiger partial charge in [-0.1, -0.05) is 38.0 Å². The number of amides is 3. The van der Waals surface area contributed by atoms with Crippen LogP contribution in [0.2, 0.25) is 0 Å². The third-order valence-electron chi connectivity index (χ3n) is 5.82. The molecule has 8 heteroatoms. The smallest absolute Gasteiger partial charge is 0.408 e. The van der Waals surface area contributed by atoms with Gasteiger partial charge in [-0.05, 0) is 90.0 Å². The molecule has 0 saturated carbocycles. The van der Waals surface area contributed by atoms with E-state index in [4.69, 9.17) is 4.74 Å². The summed E-state index contributed by atoms with van der Waals surface area (Å²) >= 11 is 1.60. The predicted molar refractivity (Wildman–Crippen MR) is 149 cm³/mol. The average Bonchev–Trinajstić information content (AvgIpc) is 2.76. The number of carbonyl (C=O) groups is 3. The third-order valence-corrected chi connectivity index (χ3v) is 6.46. The van der Waals surface area contributed by atoms with Crippen LogP contribution in [0, 0.1) is 13.8 Å². The first-order valence-electron chi connectivity index (χ1n) is 13.0. The van der Waals surface area contributed by atoms with E-state index in [1.54, 1.807) is 37.4 Å². The van der Waals surface area contributed by atoms with Gasteiger partial charge >= 0.3 is 6.09 Å². The van der Waals surface area contributed by atoms with Gasteiger partial charge in [-0.2, -0.15) is 11.8 Å². The molecular formula is C28H47N3O4S. The SMILES string of the molecule is CCCCCN(C(=O)C(CCSC)NC(=O)OC(C)(C)C)C(C(=O)NC(C)C)c1cccc(C)c1C. The fourth-order valence-corrected chi connectivity index (χ4v) is 4.40. The minimum Gasteiger partial charge on any atom is -0.444 e. The van der Waals surface area contributed by atoms with Crippen LogP contribution in [0.5, 0.6) is 0 Å². The summed E-state index contributed by atoms with van der Waals surface area (Å²) in [4.78, 5) is 42.0. The molecule has 7 nitrogen and oxygen atoms in total. The molecule has 0 fully saturated rings. The molecule has 0 saturated heterocycles. The van der Waals surface area contributed by atoms with E-state index < -0.39 is 23.8 Å². The molecule has 0 aliphatic heterocycles. The van der Waals surface area contributed by atoms with Gasteiger partial charge in [-0.3, -0.25) is 9.59 Å². The minimum absolute atomic E-state index is 0.0788. The predicted octanol–water partition coefficient (Wildman–Crippen LogP) is 5.53. The van der Waals surface area contributed by atoms with Crippen molar-refractivity contribution in [3.05, 3.63) is 34.9 Å². The Morgan fingerprint density at radius 3 is 2.31 bits per heavy atom. The molecule has 0 bridgehead atoms. The topological polar surface area (TPSA) is 87.7 Å². The van der Waals surface area contributed by atoms with Crippen LogP contribution in [0.1, 0.15) is 90.0 Å². The van der Waals surface area contributed by atoms with Crippen molar-refractivity contribution in [1.82, 2.24) is 15.5 Å². The fraction of sp³-hybridized carbons (Fsp3) is 0.679. The van der Waals surface area contributed by atoms with Crippen molar-refractivity contribution in [2.75, 3.05) is 18.6 Å². The van der Waals surface area contributed by atoms with Gasteiger partial charge in [0, 0.05) is 12.6 Å². The molecule has 1 aromatic carbocycles. The summed E-state index contributed by atoms with van der Waals surface area (Å²) in [6, 6.07) is 4.18. The number of hydrogen-bond acceptors (Lipinski definition) is 5. The van der Waals surface area contributed by atoms with Crippen molar-refractivity contribution in [3.8, 4) is 0 Å². The Morgan fingerprint density at radius 2 is 1.75 bits per heavy atom. The summed E-state index contributed by atoms with van der Waals surface area (Å²) < 4.78 is 5.45. The lowest BCUT2D eigenvalue weighted by Gasteiger charge is -2.35. The maximum absolute atomic E-state index is 14.1. The van der Waals surface area contributed by atoms with E-state index in [0.717, 1.165) is 36.0 Å². The molecule has 36 heavy (non-hydrogen) atoms. The molecule has 0 radical (unpaired) electrons. The molecule has 204 valence electrons. The molecule has 2 unspecified atom stereocenters. The summed E-state index contributed by atoms with van der Waals surface area (Å²) in [6.45, 7) is 15.7. The van der Waals surface area contributed by atoms with E-state index in [1.165, 1.54) is 0 Å². The molecular weight excluding hydrogens is 474 g/mol. The summed E-state index contributed by atoms with van der Waals surface area (Å²) in [5, 5.41) is 5.81. The number of aryl methyl sites for hydroxylation is 1. The molecule has 1 aromatic rings. The molecule has 3 amide bonds. The zero-order valence-electron chi connectivity index (χ0n) is 23.7. The van der Waals surface area contributed by atoms with Crippen LogP contribution in [0.15, 0.2) is 18.2 Å². The van der Waals surface area contributed by atoms with E-state index in [0.29, 0.717) is 18.7 Å². The highest BCUT2D eigenvalue weighted by molar-refractivity contribution is 7.98. The van der Waals surface area contributed by atoms with Crippen LogP contribution in [-0.2, 0) is 14.3 Å². The normalized spacial score (nSPS) is 13.2. The second-order valence-corrected chi connectivity index (χ2v) is 11.6. The van der Waals surface area contributed by atoms with Crippen molar-refractivity contribution in [1.29, 1.82) is 0 Å². The van der Waals surface area contributed by atoms with Crippen molar-refractivity contribution in [2.24, 2.45) is 0 Å². The van der Waals surface area contributed by atoms with Crippen LogP contribution in [-0.4, -0.2) is 59.0 Å². The number of alkyl carbamates (subject to hydrolysis) is 1. The lowest BCUT2D eigenvalue weighted by atomic mass is 9.94. The highest BCUT2D eigenvalue weighted by Crippen LogP contribution is 2.28. The largest absolute Gasteiger partial charge is 0.444 e. The molecule has 0 spiro atoms. The van der Waals surface area contributed by atoms with E-state index in [-0.39, 0.29) is 17.9 Å². The Hall–Kier alpha value is -2.22. The number of ether oxygens (including phenoxy) is 1. The number of unbranched alkanes of at least 4 members (excludes halogenated alkanes) is 2. The van der Waals surface area contributed by atoms with Gasteiger partial charge < -0.3 is 20.3 Å². The molecule has 2 N–H and O–H groups in total. The summed E-state index contributed by atoms with van der Waals surface area (Å²) in [5.74, 6) is 0.196. The first-order chi connectivity index (χ1) is 16.8. The Bertz CT molecular complexity index is 867. The Morgan fingerprint density at radius 1 is 1.08 bits per heavy atom. The summed E-state index contributed by atoms with van der Waals surface area (Å²) in [5.41, 5.74) is 2.16. The number of nitrogens with one attached hydrogen (secondary N) is 2.